The van der Waals surface area contributed by atoms with E-state index < -0.39 is 10.0 Å². The van der Waals surface area contributed by atoms with Crippen LogP contribution in [0, 0.1) is 12.3 Å². The van der Waals surface area contributed by atoms with Crippen LogP contribution in [0.1, 0.15) is 25.3 Å². The third-order valence-corrected chi connectivity index (χ3v) is 5.52. The van der Waals surface area contributed by atoms with E-state index in [2.05, 4.69) is 11.6 Å². The number of anilines is 1. The molecule has 20 heavy (non-hydrogen) atoms. The molecule has 0 unspecified atom stereocenters. The summed E-state index contributed by atoms with van der Waals surface area (Å²) < 4.78 is 32.9. The SMILES string of the molecule is Cc1cccc(N)c1S(=O)(=O)NCC1(C)CCOCC1. The molecule has 0 aliphatic carbocycles. The van der Waals surface area contributed by atoms with E-state index in [1.165, 1.54) is 0 Å². The van der Waals surface area contributed by atoms with Crippen molar-refractivity contribution in [3.8, 4) is 0 Å². The van der Waals surface area contributed by atoms with E-state index in [0.29, 0.717) is 25.3 Å². The summed E-state index contributed by atoms with van der Waals surface area (Å²) in [6, 6.07) is 5.11. The average Bonchev–Trinajstić information content (AvgIpc) is 2.37. The Balaban J connectivity index is 2.15. The number of benzene rings is 1. The maximum atomic E-state index is 12.4. The Labute approximate surface area is 120 Å². The van der Waals surface area contributed by atoms with Crippen LogP contribution in [0.2, 0.25) is 0 Å². The summed E-state index contributed by atoms with van der Waals surface area (Å²) in [4.78, 5) is 0.190. The summed E-state index contributed by atoms with van der Waals surface area (Å²) in [6.07, 6.45) is 1.72. The van der Waals surface area contributed by atoms with Crippen molar-refractivity contribution >= 4 is 15.7 Å². The van der Waals surface area contributed by atoms with Crippen LogP contribution >= 0.6 is 0 Å². The van der Waals surface area contributed by atoms with E-state index >= 15 is 0 Å². The minimum Gasteiger partial charge on any atom is -0.398 e. The number of hydrogen-bond acceptors (Lipinski definition) is 4. The number of aryl methyl sites for hydroxylation is 1. The number of nitrogens with one attached hydrogen (secondary N) is 1. The molecule has 112 valence electrons. The monoisotopic (exact) mass is 298 g/mol. The van der Waals surface area contributed by atoms with Gasteiger partial charge in [-0.05, 0) is 36.8 Å². The van der Waals surface area contributed by atoms with Crippen LogP contribution in [-0.4, -0.2) is 28.2 Å². The standard InChI is InChI=1S/C14H22N2O3S/c1-11-4-3-5-12(15)13(11)20(17,18)16-10-14(2)6-8-19-9-7-14/h3-5,16H,6-10,15H2,1-2H3. The molecule has 1 saturated heterocycles. The van der Waals surface area contributed by atoms with Crippen molar-refractivity contribution in [2.75, 3.05) is 25.5 Å². The highest BCUT2D eigenvalue weighted by molar-refractivity contribution is 7.89. The third-order valence-electron chi connectivity index (χ3n) is 3.90. The Bertz CT molecular complexity index is 558. The van der Waals surface area contributed by atoms with Crippen molar-refractivity contribution < 1.29 is 13.2 Å². The average molecular weight is 298 g/mol. The van der Waals surface area contributed by atoms with Gasteiger partial charge in [0, 0.05) is 19.8 Å². The van der Waals surface area contributed by atoms with Crippen molar-refractivity contribution in [1.29, 1.82) is 0 Å². The highest BCUT2D eigenvalue weighted by Crippen LogP contribution is 2.30. The van der Waals surface area contributed by atoms with Gasteiger partial charge in [0.15, 0.2) is 0 Å². The predicted molar refractivity (Wildman–Crippen MR) is 78.9 cm³/mol. The first-order valence-corrected chi connectivity index (χ1v) is 8.25. The Morgan fingerprint density at radius 1 is 1.35 bits per heavy atom. The first-order valence-electron chi connectivity index (χ1n) is 6.77. The van der Waals surface area contributed by atoms with E-state index in [4.69, 9.17) is 10.5 Å². The van der Waals surface area contributed by atoms with E-state index in [0.717, 1.165) is 12.8 Å². The summed E-state index contributed by atoms with van der Waals surface area (Å²) in [5, 5.41) is 0. The maximum absolute atomic E-state index is 12.4. The Morgan fingerprint density at radius 3 is 2.60 bits per heavy atom. The smallest absolute Gasteiger partial charge is 0.242 e. The zero-order valence-corrected chi connectivity index (χ0v) is 12.8. The maximum Gasteiger partial charge on any atom is 0.242 e. The van der Waals surface area contributed by atoms with E-state index in [-0.39, 0.29) is 16.0 Å². The summed E-state index contributed by atoms with van der Waals surface area (Å²) in [5.41, 5.74) is 6.71. The molecular weight excluding hydrogens is 276 g/mol. The molecule has 0 radical (unpaired) electrons. The van der Waals surface area contributed by atoms with Gasteiger partial charge in [0.25, 0.3) is 0 Å². The van der Waals surface area contributed by atoms with Crippen molar-refractivity contribution in [2.45, 2.75) is 31.6 Å². The normalized spacial score (nSPS) is 18.9. The predicted octanol–water partition coefficient (Wildman–Crippen LogP) is 1.67. The van der Waals surface area contributed by atoms with E-state index in [9.17, 15) is 8.42 Å². The van der Waals surface area contributed by atoms with Crippen molar-refractivity contribution in [2.24, 2.45) is 5.41 Å². The molecule has 0 atom stereocenters. The molecule has 5 nitrogen and oxygen atoms in total. The van der Waals surface area contributed by atoms with Gasteiger partial charge in [-0.15, -0.1) is 0 Å². The fourth-order valence-electron chi connectivity index (χ4n) is 2.42. The van der Waals surface area contributed by atoms with Crippen LogP contribution in [0.3, 0.4) is 0 Å². The summed E-state index contributed by atoms with van der Waals surface area (Å²) in [6.45, 7) is 5.61. The quantitative estimate of drug-likeness (QED) is 0.829. The fourth-order valence-corrected chi connectivity index (χ4v) is 3.98. The van der Waals surface area contributed by atoms with Gasteiger partial charge in [-0.3, -0.25) is 0 Å². The first-order chi connectivity index (χ1) is 9.34. The third kappa shape index (κ3) is 3.31. The lowest BCUT2D eigenvalue weighted by Gasteiger charge is -2.33. The largest absolute Gasteiger partial charge is 0.398 e. The van der Waals surface area contributed by atoms with E-state index in [1.807, 2.05) is 0 Å². The Hall–Kier alpha value is -1.11. The molecule has 1 aromatic carbocycles. The second-order valence-corrected chi connectivity index (χ2v) is 7.44. The van der Waals surface area contributed by atoms with Gasteiger partial charge in [0.1, 0.15) is 4.90 Å². The van der Waals surface area contributed by atoms with Gasteiger partial charge >= 0.3 is 0 Å². The number of rotatable bonds is 4. The van der Waals surface area contributed by atoms with Crippen molar-refractivity contribution in [3.05, 3.63) is 23.8 Å². The molecule has 0 bridgehead atoms. The first kappa shape index (κ1) is 15.3. The van der Waals surface area contributed by atoms with Gasteiger partial charge in [0.05, 0.1) is 5.69 Å². The minimum atomic E-state index is -3.57. The summed E-state index contributed by atoms with van der Waals surface area (Å²) in [7, 11) is -3.57. The molecule has 1 aliphatic rings. The Kier molecular flexibility index (Phi) is 4.36. The number of nitrogen functional groups attached to an aromatic ring is 1. The lowest BCUT2D eigenvalue weighted by atomic mass is 9.83. The van der Waals surface area contributed by atoms with Gasteiger partial charge in [-0.1, -0.05) is 19.1 Å². The number of ether oxygens (including phenoxy) is 1. The lowest BCUT2D eigenvalue weighted by Crippen LogP contribution is -2.39. The van der Waals surface area contributed by atoms with Crippen LogP contribution in [0.25, 0.3) is 0 Å². The van der Waals surface area contributed by atoms with Gasteiger partial charge in [-0.2, -0.15) is 0 Å². The topological polar surface area (TPSA) is 81.4 Å². The molecule has 3 N–H and O–H groups in total. The number of hydrogen-bond donors (Lipinski definition) is 2. The molecule has 1 aromatic rings. The van der Waals surface area contributed by atoms with Crippen LogP contribution < -0.4 is 10.5 Å². The minimum absolute atomic E-state index is 0.0528. The van der Waals surface area contributed by atoms with Crippen molar-refractivity contribution in [3.63, 3.8) is 0 Å². The highest BCUT2D eigenvalue weighted by Gasteiger charge is 2.30. The summed E-state index contributed by atoms with van der Waals surface area (Å²) >= 11 is 0. The number of nitrogens with two attached hydrogens (primary N) is 1. The van der Waals surface area contributed by atoms with Gasteiger partial charge in [0.2, 0.25) is 10.0 Å². The van der Waals surface area contributed by atoms with Crippen LogP contribution in [0.15, 0.2) is 23.1 Å². The molecule has 6 heteroatoms. The lowest BCUT2D eigenvalue weighted by molar-refractivity contribution is 0.0264. The van der Waals surface area contributed by atoms with Crippen LogP contribution in [0.5, 0.6) is 0 Å². The van der Waals surface area contributed by atoms with E-state index in [1.54, 1.807) is 25.1 Å². The zero-order valence-electron chi connectivity index (χ0n) is 12.0. The molecule has 0 spiro atoms. The molecule has 0 amide bonds. The highest BCUT2D eigenvalue weighted by atomic mass is 32.2. The second-order valence-electron chi connectivity index (χ2n) is 5.74. The molecule has 2 rings (SSSR count). The zero-order chi connectivity index (χ0) is 14.8. The second kappa shape index (κ2) is 5.71. The van der Waals surface area contributed by atoms with Crippen LogP contribution in [0.4, 0.5) is 5.69 Å². The van der Waals surface area contributed by atoms with Crippen LogP contribution in [-0.2, 0) is 14.8 Å². The summed E-state index contributed by atoms with van der Waals surface area (Å²) in [5.74, 6) is 0. The molecule has 0 aromatic heterocycles. The van der Waals surface area contributed by atoms with Gasteiger partial charge in [-0.25, -0.2) is 13.1 Å². The van der Waals surface area contributed by atoms with Gasteiger partial charge < -0.3 is 10.5 Å². The van der Waals surface area contributed by atoms with Crippen molar-refractivity contribution in [1.82, 2.24) is 4.72 Å². The molecule has 0 saturated carbocycles. The molecule has 1 heterocycles. The Morgan fingerprint density at radius 2 is 2.00 bits per heavy atom. The number of sulfonamides is 1. The molecule has 1 fully saturated rings. The molecule has 1 aliphatic heterocycles. The fraction of sp³-hybridized carbons (Fsp3) is 0.571. The molecular formula is C14H22N2O3S.